The van der Waals surface area contributed by atoms with Gasteiger partial charge >= 0.3 is 5.97 Å². The largest absolute Gasteiger partial charge is 0.479 e. The number of nitrogens with one attached hydrogen (secondary N) is 1. The number of hydrogen-bond acceptors (Lipinski definition) is 5. The Labute approximate surface area is 139 Å². The Balaban J connectivity index is 2.39. The number of rotatable bonds is 6. The van der Waals surface area contributed by atoms with Crippen molar-refractivity contribution >= 4 is 22.9 Å². The standard InChI is InChI=1S/C16H22N4O4/c1-9(2)20-13-11(7-17-20)6-12(10(3)18-13)14(21)19-16(4,8-24-5)15(22)23/h6-7,9H,8H2,1-5H3,(H,19,21)(H,22,23). The van der Waals surface area contributed by atoms with Crippen LogP contribution in [0.2, 0.25) is 0 Å². The van der Waals surface area contributed by atoms with E-state index in [2.05, 4.69) is 15.4 Å². The van der Waals surface area contributed by atoms with Gasteiger partial charge in [0.1, 0.15) is 0 Å². The van der Waals surface area contributed by atoms with Crippen LogP contribution >= 0.6 is 0 Å². The minimum atomic E-state index is -1.52. The van der Waals surface area contributed by atoms with Gasteiger partial charge in [0.2, 0.25) is 0 Å². The van der Waals surface area contributed by atoms with Crippen LogP contribution < -0.4 is 5.32 Å². The second kappa shape index (κ2) is 6.56. The predicted molar refractivity (Wildman–Crippen MR) is 88.0 cm³/mol. The van der Waals surface area contributed by atoms with Gasteiger partial charge in [-0.05, 0) is 33.8 Å². The summed E-state index contributed by atoms with van der Waals surface area (Å²) in [5, 5.41) is 16.9. The molecule has 0 radical (unpaired) electrons. The van der Waals surface area contributed by atoms with Crippen molar-refractivity contribution in [2.24, 2.45) is 0 Å². The van der Waals surface area contributed by atoms with Gasteiger partial charge in [-0.2, -0.15) is 5.10 Å². The average molecular weight is 334 g/mol. The van der Waals surface area contributed by atoms with E-state index in [1.54, 1.807) is 23.9 Å². The fraction of sp³-hybridized carbons (Fsp3) is 0.500. The van der Waals surface area contributed by atoms with E-state index in [1.807, 2.05) is 13.8 Å². The number of aliphatic carboxylic acids is 1. The van der Waals surface area contributed by atoms with Gasteiger partial charge in [0.05, 0.1) is 24.1 Å². The van der Waals surface area contributed by atoms with Crippen molar-refractivity contribution < 1.29 is 19.4 Å². The van der Waals surface area contributed by atoms with Crippen molar-refractivity contribution in [3.63, 3.8) is 0 Å². The summed E-state index contributed by atoms with van der Waals surface area (Å²) < 4.78 is 6.68. The van der Waals surface area contributed by atoms with E-state index in [-0.39, 0.29) is 12.6 Å². The van der Waals surface area contributed by atoms with Crippen LogP contribution in [0.3, 0.4) is 0 Å². The van der Waals surface area contributed by atoms with Gasteiger partial charge in [0.25, 0.3) is 5.91 Å². The highest BCUT2D eigenvalue weighted by molar-refractivity contribution is 6.00. The van der Waals surface area contributed by atoms with E-state index in [0.29, 0.717) is 16.9 Å². The highest BCUT2D eigenvalue weighted by atomic mass is 16.5. The number of pyridine rings is 1. The Morgan fingerprint density at radius 2 is 2.12 bits per heavy atom. The maximum atomic E-state index is 12.5. The number of nitrogens with zero attached hydrogens (tertiary/aromatic N) is 3. The molecule has 0 saturated heterocycles. The number of fused-ring (bicyclic) bond motifs is 1. The SMILES string of the molecule is COCC(C)(NC(=O)c1cc2cnn(C(C)C)c2nc1C)C(=O)O. The zero-order valence-corrected chi connectivity index (χ0v) is 14.5. The normalized spacial score (nSPS) is 13.9. The zero-order chi connectivity index (χ0) is 18.1. The number of ether oxygens (including phenoxy) is 1. The van der Waals surface area contributed by atoms with Crippen molar-refractivity contribution in [2.45, 2.75) is 39.3 Å². The summed E-state index contributed by atoms with van der Waals surface area (Å²) in [4.78, 5) is 28.4. The Morgan fingerprint density at radius 3 is 2.67 bits per heavy atom. The summed E-state index contributed by atoms with van der Waals surface area (Å²) in [7, 11) is 1.38. The molecule has 0 saturated carbocycles. The fourth-order valence-electron chi connectivity index (χ4n) is 2.43. The number of aryl methyl sites for hydroxylation is 1. The molecular formula is C16H22N4O4. The molecule has 8 heteroatoms. The Hall–Kier alpha value is -2.48. The van der Waals surface area contributed by atoms with Gasteiger partial charge in [-0.3, -0.25) is 4.79 Å². The van der Waals surface area contributed by atoms with Crippen LogP contribution in [-0.4, -0.2) is 51.0 Å². The average Bonchev–Trinajstić information content (AvgIpc) is 2.89. The fourth-order valence-corrected chi connectivity index (χ4v) is 2.43. The van der Waals surface area contributed by atoms with E-state index in [4.69, 9.17) is 4.74 Å². The third-order valence-electron chi connectivity index (χ3n) is 3.79. The number of methoxy groups -OCH3 is 1. The molecule has 2 N–H and O–H groups in total. The molecule has 0 aromatic carbocycles. The number of carboxylic acids is 1. The molecule has 2 heterocycles. The van der Waals surface area contributed by atoms with E-state index < -0.39 is 17.4 Å². The van der Waals surface area contributed by atoms with E-state index >= 15 is 0 Å². The first kappa shape index (κ1) is 17.9. The lowest BCUT2D eigenvalue weighted by Gasteiger charge is -2.25. The molecule has 0 fully saturated rings. The molecule has 0 bridgehead atoms. The molecule has 2 rings (SSSR count). The second-order valence-corrected chi connectivity index (χ2v) is 6.24. The minimum absolute atomic E-state index is 0.145. The van der Waals surface area contributed by atoms with Gasteiger partial charge in [0, 0.05) is 18.5 Å². The van der Waals surface area contributed by atoms with Crippen LogP contribution in [0.25, 0.3) is 11.0 Å². The topological polar surface area (TPSA) is 106 Å². The molecule has 0 spiro atoms. The summed E-state index contributed by atoms with van der Waals surface area (Å²) in [6, 6.07) is 1.82. The second-order valence-electron chi connectivity index (χ2n) is 6.24. The van der Waals surface area contributed by atoms with Gasteiger partial charge in [0.15, 0.2) is 11.2 Å². The van der Waals surface area contributed by atoms with Crippen molar-refractivity contribution in [2.75, 3.05) is 13.7 Å². The molecule has 0 aliphatic carbocycles. The zero-order valence-electron chi connectivity index (χ0n) is 14.5. The van der Waals surface area contributed by atoms with Crippen LogP contribution in [0.15, 0.2) is 12.3 Å². The summed E-state index contributed by atoms with van der Waals surface area (Å²) >= 11 is 0. The van der Waals surface area contributed by atoms with Crippen molar-refractivity contribution in [3.8, 4) is 0 Å². The first-order valence-electron chi connectivity index (χ1n) is 7.59. The third kappa shape index (κ3) is 3.23. The Bertz CT molecular complexity index is 784. The maximum Gasteiger partial charge on any atom is 0.331 e. The van der Waals surface area contributed by atoms with Crippen LogP contribution in [0.5, 0.6) is 0 Å². The van der Waals surface area contributed by atoms with Crippen molar-refractivity contribution in [1.29, 1.82) is 0 Å². The quantitative estimate of drug-likeness (QED) is 0.830. The molecule has 1 amide bonds. The van der Waals surface area contributed by atoms with Gasteiger partial charge < -0.3 is 15.2 Å². The third-order valence-corrected chi connectivity index (χ3v) is 3.79. The number of carboxylic acid groups (broad SMARTS) is 1. The number of aromatic nitrogens is 3. The van der Waals surface area contributed by atoms with Gasteiger partial charge in [-0.1, -0.05) is 0 Å². The summed E-state index contributed by atoms with van der Waals surface area (Å²) in [6.07, 6.45) is 1.64. The van der Waals surface area contributed by atoms with Gasteiger partial charge in [-0.15, -0.1) is 0 Å². The molecule has 8 nitrogen and oxygen atoms in total. The van der Waals surface area contributed by atoms with Crippen LogP contribution in [0.4, 0.5) is 0 Å². The molecule has 1 unspecified atom stereocenters. The molecule has 0 aliphatic rings. The minimum Gasteiger partial charge on any atom is -0.479 e. The smallest absolute Gasteiger partial charge is 0.331 e. The molecule has 130 valence electrons. The van der Waals surface area contributed by atoms with Crippen LogP contribution in [-0.2, 0) is 9.53 Å². The number of carbonyl (C=O) groups is 2. The van der Waals surface area contributed by atoms with Crippen LogP contribution in [0, 0.1) is 6.92 Å². The van der Waals surface area contributed by atoms with E-state index in [0.717, 1.165) is 5.39 Å². The lowest BCUT2D eigenvalue weighted by atomic mass is 10.0. The van der Waals surface area contributed by atoms with E-state index in [1.165, 1.54) is 14.0 Å². The summed E-state index contributed by atoms with van der Waals surface area (Å²) in [5.41, 5.74) is -0.00566. The molecule has 1 atom stereocenters. The lowest BCUT2D eigenvalue weighted by molar-refractivity contribution is -0.145. The van der Waals surface area contributed by atoms with Crippen molar-refractivity contribution in [3.05, 3.63) is 23.5 Å². The molecule has 2 aromatic rings. The maximum absolute atomic E-state index is 12.5. The molecule has 0 aliphatic heterocycles. The Morgan fingerprint density at radius 1 is 1.46 bits per heavy atom. The first-order chi connectivity index (χ1) is 11.2. The molecular weight excluding hydrogens is 312 g/mol. The highest BCUT2D eigenvalue weighted by Gasteiger charge is 2.35. The van der Waals surface area contributed by atoms with Crippen molar-refractivity contribution in [1.82, 2.24) is 20.1 Å². The monoisotopic (exact) mass is 334 g/mol. The van der Waals surface area contributed by atoms with E-state index in [9.17, 15) is 14.7 Å². The summed E-state index contributed by atoms with van der Waals surface area (Å²) in [5.74, 6) is -1.68. The summed E-state index contributed by atoms with van der Waals surface area (Å²) in [6.45, 7) is 6.95. The number of hydrogen-bond donors (Lipinski definition) is 2. The van der Waals surface area contributed by atoms with Crippen LogP contribution in [0.1, 0.15) is 42.9 Å². The lowest BCUT2D eigenvalue weighted by Crippen LogP contribution is -2.55. The first-order valence-corrected chi connectivity index (χ1v) is 7.59. The highest BCUT2D eigenvalue weighted by Crippen LogP contribution is 2.20. The predicted octanol–water partition coefficient (Wildman–Crippen LogP) is 1.54. The Kier molecular flexibility index (Phi) is 4.88. The number of carbonyl (C=O) groups excluding carboxylic acids is 1. The van der Waals surface area contributed by atoms with Gasteiger partial charge in [-0.25, -0.2) is 14.5 Å². The number of amides is 1. The molecule has 24 heavy (non-hydrogen) atoms. The molecule has 2 aromatic heterocycles.